The number of nitrogens with one attached hydrogen (secondary N) is 1. The fourth-order valence-corrected chi connectivity index (χ4v) is 2.41. The molecule has 0 saturated heterocycles. The Bertz CT molecular complexity index is 578. The van der Waals surface area contributed by atoms with Gasteiger partial charge in [0.25, 0.3) is 5.91 Å². The van der Waals surface area contributed by atoms with Crippen LogP contribution in [0.25, 0.3) is 0 Å². The highest BCUT2D eigenvalue weighted by Gasteiger charge is 2.10. The maximum Gasteiger partial charge on any atom is 0.267 e. The van der Waals surface area contributed by atoms with E-state index in [1.807, 2.05) is 23.6 Å². The molecule has 0 spiro atoms. The van der Waals surface area contributed by atoms with E-state index in [2.05, 4.69) is 5.32 Å². The van der Waals surface area contributed by atoms with Gasteiger partial charge in [-0.2, -0.15) is 5.26 Å². The third kappa shape index (κ3) is 2.79. The molecule has 0 radical (unpaired) electrons. The van der Waals surface area contributed by atoms with Crippen molar-refractivity contribution in [3.63, 3.8) is 0 Å². The number of carbonyl (C=O) groups excluding carboxylic acids is 1. The second-order valence-corrected chi connectivity index (χ2v) is 4.95. The molecule has 0 aliphatic heterocycles. The van der Waals surface area contributed by atoms with Crippen LogP contribution in [0, 0.1) is 11.3 Å². The lowest BCUT2D eigenvalue weighted by molar-refractivity contribution is 0.0946. The van der Waals surface area contributed by atoms with Crippen molar-refractivity contribution < 1.29 is 4.79 Å². The van der Waals surface area contributed by atoms with Crippen molar-refractivity contribution in [3.8, 4) is 6.07 Å². The van der Waals surface area contributed by atoms with E-state index in [1.165, 1.54) is 4.88 Å². The van der Waals surface area contributed by atoms with Gasteiger partial charge in [-0.1, -0.05) is 6.07 Å². The smallest absolute Gasteiger partial charge is 0.267 e. The maximum absolute atomic E-state index is 11.9. The van der Waals surface area contributed by atoms with Gasteiger partial charge >= 0.3 is 0 Å². The minimum absolute atomic E-state index is 0.143. The van der Waals surface area contributed by atoms with Crippen molar-refractivity contribution in [2.45, 2.75) is 6.42 Å². The summed E-state index contributed by atoms with van der Waals surface area (Å²) in [4.78, 5) is 13.1. The second-order valence-electron chi connectivity index (χ2n) is 3.92. The number of amides is 1. The van der Waals surface area contributed by atoms with Crippen LogP contribution >= 0.6 is 11.3 Å². The molecule has 2 rings (SSSR count). The molecule has 18 heavy (non-hydrogen) atoms. The lowest BCUT2D eigenvalue weighted by Crippen LogP contribution is -2.27. The molecule has 0 aliphatic rings. The van der Waals surface area contributed by atoms with E-state index in [1.54, 1.807) is 35.2 Å². The van der Waals surface area contributed by atoms with E-state index in [0.29, 0.717) is 17.8 Å². The summed E-state index contributed by atoms with van der Waals surface area (Å²) >= 11 is 1.68. The van der Waals surface area contributed by atoms with Crippen molar-refractivity contribution >= 4 is 17.2 Å². The lowest BCUT2D eigenvalue weighted by Gasteiger charge is -2.04. The zero-order valence-corrected chi connectivity index (χ0v) is 10.8. The van der Waals surface area contributed by atoms with Gasteiger partial charge in [-0.15, -0.1) is 11.3 Å². The molecule has 2 aromatic heterocycles. The van der Waals surface area contributed by atoms with Gasteiger partial charge in [0.15, 0.2) is 0 Å². The predicted octanol–water partition coefficient (Wildman–Crippen LogP) is 1.93. The number of nitriles is 1. The minimum atomic E-state index is -0.143. The normalized spacial score (nSPS) is 10.0. The summed E-state index contributed by atoms with van der Waals surface area (Å²) in [6, 6.07) is 7.67. The molecule has 0 bridgehead atoms. The summed E-state index contributed by atoms with van der Waals surface area (Å²) in [6.45, 7) is 0.604. The van der Waals surface area contributed by atoms with E-state index >= 15 is 0 Å². The molecule has 4 nitrogen and oxygen atoms in total. The minimum Gasteiger partial charge on any atom is -0.350 e. The molecule has 0 aromatic carbocycles. The van der Waals surface area contributed by atoms with E-state index in [-0.39, 0.29) is 5.91 Å². The van der Waals surface area contributed by atoms with E-state index in [0.717, 1.165) is 6.42 Å². The number of aryl methyl sites for hydroxylation is 1. The van der Waals surface area contributed by atoms with Crippen LogP contribution in [0.1, 0.15) is 20.9 Å². The summed E-state index contributed by atoms with van der Waals surface area (Å²) in [7, 11) is 1.76. The zero-order chi connectivity index (χ0) is 13.0. The van der Waals surface area contributed by atoms with E-state index in [9.17, 15) is 4.79 Å². The van der Waals surface area contributed by atoms with Gasteiger partial charge in [0.2, 0.25) is 0 Å². The number of hydrogen-bond acceptors (Lipinski definition) is 3. The SMILES string of the molecule is Cn1cc(C#N)cc1C(=O)NCCc1cccs1. The van der Waals surface area contributed by atoms with Crippen LogP contribution in [-0.4, -0.2) is 17.0 Å². The molecule has 0 atom stereocenters. The fourth-order valence-electron chi connectivity index (χ4n) is 1.70. The molecule has 1 N–H and O–H groups in total. The van der Waals surface area contributed by atoms with Crippen LogP contribution in [0.5, 0.6) is 0 Å². The molecule has 5 heteroatoms. The molecule has 92 valence electrons. The largest absolute Gasteiger partial charge is 0.350 e. The Morgan fingerprint density at radius 2 is 2.44 bits per heavy atom. The Morgan fingerprint density at radius 3 is 3.06 bits per heavy atom. The van der Waals surface area contributed by atoms with Gasteiger partial charge in [0, 0.05) is 24.7 Å². The van der Waals surface area contributed by atoms with Crippen molar-refractivity contribution in [1.82, 2.24) is 9.88 Å². The molecule has 2 aromatic rings. The molecule has 0 aliphatic carbocycles. The molecular weight excluding hydrogens is 246 g/mol. The van der Waals surface area contributed by atoms with Crippen molar-refractivity contribution in [3.05, 3.63) is 45.9 Å². The van der Waals surface area contributed by atoms with Crippen LogP contribution in [0.2, 0.25) is 0 Å². The van der Waals surface area contributed by atoms with Gasteiger partial charge in [0.1, 0.15) is 11.8 Å². The summed E-state index contributed by atoms with van der Waals surface area (Å²) < 4.78 is 1.67. The van der Waals surface area contributed by atoms with Crippen molar-refractivity contribution in [2.24, 2.45) is 7.05 Å². The summed E-state index contributed by atoms with van der Waals surface area (Å²) in [5, 5.41) is 13.6. The van der Waals surface area contributed by atoms with Crippen LogP contribution in [0.4, 0.5) is 0 Å². The molecule has 0 unspecified atom stereocenters. The van der Waals surface area contributed by atoms with Crippen LogP contribution in [-0.2, 0) is 13.5 Å². The lowest BCUT2D eigenvalue weighted by atomic mass is 10.3. The van der Waals surface area contributed by atoms with E-state index < -0.39 is 0 Å². The number of carbonyl (C=O) groups is 1. The second kappa shape index (κ2) is 5.52. The Kier molecular flexibility index (Phi) is 3.80. The van der Waals surface area contributed by atoms with E-state index in [4.69, 9.17) is 5.26 Å². The van der Waals surface area contributed by atoms with Gasteiger partial charge in [-0.05, 0) is 23.9 Å². The Labute approximate surface area is 109 Å². The predicted molar refractivity (Wildman–Crippen MR) is 70.5 cm³/mol. The first-order valence-corrected chi connectivity index (χ1v) is 6.45. The fraction of sp³-hybridized carbons (Fsp3) is 0.231. The molecular formula is C13H13N3OS. The summed E-state index contributed by atoms with van der Waals surface area (Å²) in [6.07, 6.45) is 2.48. The monoisotopic (exact) mass is 259 g/mol. The number of rotatable bonds is 4. The first-order valence-electron chi connectivity index (χ1n) is 5.58. The van der Waals surface area contributed by atoms with Crippen molar-refractivity contribution in [2.75, 3.05) is 6.54 Å². The number of hydrogen-bond donors (Lipinski definition) is 1. The van der Waals surface area contributed by atoms with Gasteiger partial charge in [-0.3, -0.25) is 4.79 Å². The first-order chi connectivity index (χ1) is 8.70. The standard InChI is InChI=1S/C13H13N3OS/c1-16-9-10(8-14)7-12(16)13(17)15-5-4-11-3-2-6-18-11/h2-3,6-7,9H,4-5H2,1H3,(H,15,17). The maximum atomic E-state index is 11.9. The highest BCUT2D eigenvalue weighted by Crippen LogP contribution is 2.09. The van der Waals surface area contributed by atoms with Crippen molar-refractivity contribution in [1.29, 1.82) is 5.26 Å². The summed E-state index contributed by atoms with van der Waals surface area (Å²) in [5.74, 6) is -0.143. The quantitative estimate of drug-likeness (QED) is 0.912. The Hall–Kier alpha value is -2.06. The Balaban J connectivity index is 1.91. The van der Waals surface area contributed by atoms with Gasteiger partial charge < -0.3 is 9.88 Å². The Morgan fingerprint density at radius 1 is 1.61 bits per heavy atom. The molecule has 1 amide bonds. The third-order valence-electron chi connectivity index (χ3n) is 2.60. The van der Waals surface area contributed by atoms with Gasteiger partial charge in [-0.25, -0.2) is 0 Å². The number of aromatic nitrogens is 1. The molecule has 0 fully saturated rings. The first kappa shape index (κ1) is 12.4. The summed E-state index contributed by atoms with van der Waals surface area (Å²) in [5.41, 5.74) is 1.01. The topological polar surface area (TPSA) is 57.8 Å². The number of thiophene rings is 1. The van der Waals surface area contributed by atoms with Crippen LogP contribution in [0.15, 0.2) is 29.8 Å². The third-order valence-corrected chi connectivity index (χ3v) is 3.54. The average Bonchev–Trinajstić information content (AvgIpc) is 2.98. The van der Waals surface area contributed by atoms with Gasteiger partial charge in [0.05, 0.1) is 5.56 Å². The zero-order valence-electron chi connectivity index (χ0n) is 10.0. The molecule has 2 heterocycles. The van der Waals surface area contributed by atoms with Crippen LogP contribution < -0.4 is 5.32 Å². The average molecular weight is 259 g/mol. The van der Waals surface area contributed by atoms with Crippen LogP contribution in [0.3, 0.4) is 0 Å². The molecule has 0 saturated carbocycles. The number of nitrogens with zero attached hydrogens (tertiary/aromatic N) is 2. The highest BCUT2D eigenvalue weighted by atomic mass is 32.1. The highest BCUT2D eigenvalue weighted by molar-refractivity contribution is 7.09.